The Morgan fingerprint density at radius 1 is 1.46 bits per heavy atom. The van der Waals surface area contributed by atoms with E-state index >= 15 is 0 Å². The number of esters is 1. The van der Waals surface area contributed by atoms with Crippen LogP contribution in [0.25, 0.3) is 0 Å². The van der Waals surface area contributed by atoms with Crippen molar-refractivity contribution >= 4 is 23.2 Å². The van der Waals surface area contributed by atoms with Crippen molar-refractivity contribution in [2.24, 2.45) is 11.3 Å². The number of thiophene rings is 1. The van der Waals surface area contributed by atoms with Gasteiger partial charge < -0.3 is 10.2 Å². The van der Waals surface area contributed by atoms with Gasteiger partial charge in [-0.3, -0.25) is 10.2 Å². The maximum absolute atomic E-state index is 12.3. The molecule has 2 rings (SSSR count). The van der Waals surface area contributed by atoms with Gasteiger partial charge in [-0.25, -0.2) is 4.79 Å². The van der Waals surface area contributed by atoms with Crippen molar-refractivity contribution in [2.45, 2.75) is 47.0 Å². The number of aryl methyl sites for hydroxylation is 1. The lowest BCUT2D eigenvalue weighted by Crippen LogP contribution is -2.33. The lowest BCUT2D eigenvalue weighted by molar-refractivity contribution is -0.138. The predicted octanol–water partition coefficient (Wildman–Crippen LogP) is 3.10. The second-order valence-corrected chi connectivity index (χ2v) is 8.49. The van der Waals surface area contributed by atoms with E-state index in [1.165, 1.54) is 21.8 Å². The molecule has 0 radical (unpaired) electrons. The number of fused-ring (bicyclic) bond motifs is 1. The number of hydrogen-bond donors (Lipinski definition) is 2. The van der Waals surface area contributed by atoms with Crippen LogP contribution in [0, 0.1) is 22.7 Å². The van der Waals surface area contributed by atoms with Gasteiger partial charge in [-0.15, -0.1) is 11.3 Å². The maximum atomic E-state index is 12.3. The van der Waals surface area contributed by atoms with Crippen LogP contribution in [0.2, 0.25) is 0 Å². The summed E-state index contributed by atoms with van der Waals surface area (Å²) in [6.45, 7) is 8.62. The first-order valence-corrected chi connectivity index (χ1v) is 9.52. The van der Waals surface area contributed by atoms with Crippen LogP contribution < -0.4 is 10.9 Å². The van der Waals surface area contributed by atoms with Crippen LogP contribution >= 0.6 is 11.3 Å². The molecule has 1 aliphatic carbocycles. The Kier molecular flexibility index (Phi) is 6.43. The van der Waals surface area contributed by atoms with Gasteiger partial charge in [-0.05, 0) is 49.1 Å². The molecule has 0 aromatic carbocycles. The van der Waals surface area contributed by atoms with Crippen LogP contribution in [0.15, 0.2) is 17.8 Å². The Balaban J connectivity index is 1.99. The highest BCUT2D eigenvalue weighted by atomic mass is 32.1. The summed E-state index contributed by atoms with van der Waals surface area (Å²) in [5.41, 5.74) is 6.32. The highest BCUT2D eigenvalue weighted by molar-refractivity contribution is 7.14. The summed E-state index contributed by atoms with van der Waals surface area (Å²) in [4.78, 5) is 25.7. The smallest absolute Gasteiger partial charge is 0.350 e. The summed E-state index contributed by atoms with van der Waals surface area (Å²) in [5, 5.41) is 8.94. The van der Waals surface area contributed by atoms with Gasteiger partial charge in [0.2, 0.25) is 0 Å². The van der Waals surface area contributed by atoms with Crippen molar-refractivity contribution in [3.05, 3.63) is 33.2 Å². The summed E-state index contributed by atoms with van der Waals surface area (Å²) in [6, 6.07) is 3.69. The maximum Gasteiger partial charge on any atom is 0.350 e. The number of hydrazine groups is 1. The van der Waals surface area contributed by atoms with E-state index in [0.29, 0.717) is 10.8 Å². The van der Waals surface area contributed by atoms with Gasteiger partial charge in [0.25, 0.3) is 5.91 Å². The molecule has 6 nitrogen and oxygen atoms in total. The number of carbonyl (C=O) groups is 2. The Bertz CT molecular complexity index is 753. The van der Waals surface area contributed by atoms with Crippen molar-refractivity contribution in [3.63, 3.8) is 0 Å². The third kappa shape index (κ3) is 4.85. The van der Waals surface area contributed by atoms with Gasteiger partial charge in [-0.2, -0.15) is 5.26 Å². The van der Waals surface area contributed by atoms with Gasteiger partial charge in [-0.1, -0.05) is 20.8 Å². The lowest BCUT2D eigenvalue weighted by atomic mass is 9.72. The van der Waals surface area contributed by atoms with E-state index in [1.807, 2.05) is 6.07 Å². The summed E-state index contributed by atoms with van der Waals surface area (Å²) < 4.78 is 4.75. The minimum atomic E-state index is -0.725. The standard InChI is InChI=1S/C19H25N3O3S/c1-5-25-18(24)13(10-20)11-21-22-17(23)16-9-12-8-14(19(2,3)4)6-7-15(12)26-16/h9,11,14,21H,5-8H2,1-4H3,(H,22,23)/b13-11+/t14-/m1/s1. The Labute approximate surface area is 158 Å². The third-order valence-electron chi connectivity index (χ3n) is 4.55. The molecule has 0 bridgehead atoms. The number of amides is 1. The van der Waals surface area contributed by atoms with E-state index in [-0.39, 0.29) is 23.5 Å². The largest absolute Gasteiger partial charge is 0.462 e. The van der Waals surface area contributed by atoms with Crippen molar-refractivity contribution in [1.82, 2.24) is 10.9 Å². The Morgan fingerprint density at radius 2 is 2.19 bits per heavy atom. The molecule has 0 fully saturated rings. The molecule has 1 amide bonds. The first-order valence-electron chi connectivity index (χ1n) is 8.71. The van der Waals surface area contributed by atoms with Crippen LogP contribution in [0.3, 0.4) is 0 Å². The summed E-state index contributed by atoms with van der Waals surface area (Å²) in [5.74, 6) is -0.394. The van der Waals surface area contributed by atoms with Crippen molar-refractivity contribution in [3.8, 4) is 6.07 Å². The second kappa shape index (κ2) is 8.37. The first-order chi connectivity index (χ1) is 12.3. The topological polar surface area (TPSA) is 91.2 Å². The molecule has 140 valence electrons. The van der Waals surface area contributed by atoms with Gasteiger partial charge in [0.05, 0.1) is 11.5 Å². The number of rotatable bonds is 5. The molecule has 1 aromatic heterocycles. The molecule has 0 unspecified atom stereocenters. The van der Waals surface area contributed by atoms with Gasteiger partial charge in [0, 0.05) is 11.1 Å². The summed E-state index contributed by atoms with van der Waals surface area (Å²) in [7, 11) is 0. The first kappa shape index (κ1) is 20.0. The fraction of sp³-hybridized carbons (Fsp3) is 0.526. The normalized spacial score (nSPS) is 17.0. The molecule has 1 atom stereocenters. The molecule has 7 heteroatoms. The third-order valence-corrected chi connectivity index (χ3v) is 5.79. The highest BCUT2D eigenvalue weighted by Crippen LogP contribution is 2.40. The molecular formula is C19H25N3O3S. The van der Waals surface area contributed by atoms with E-state index in [9.17, 15) is 9.59 Å². The van der Waals surface area contributed by atoms with Gasteiger partial charge in [0.1, 0.15) is 6.07 Å². The number of carbonyl (C=O) groups excluding carboxylic acids is 2. The molecule has 1 heterocycles. The summed E-state index contributed by atoms with van der Waals surface area (Å²) in [6.07, 6.45) is 4.28. The van der Waals surface area contributed by atoms with Crippen molar-refractivity contribution in [1.29, 1.82) is 5.26 Å². The molecule has 0 saturated heterocycles. The second-order valence-electron chi connectivity index (χ2n) is 7.35. The Hall–Kier alpha value is -2.33. The Morgan fingerprint density at radius 3 is 2.81 bits per heavy atom. The fourth-order valence-electron chi connectivity index (χ4n) is 2.96. The van der Waals surface area contributed by atoms with Crippen LogP contribution in [0.5, 0.6) is 0 Å². The number of nitrogens with one attached hydrogen (secondary N) is 2. The molecule has 0 spiro atoms. The average Bonchev–Trinajstić information content (AvgIpc) is 3.01. The zero-order chi connectivity index (χ0) is 19.3. The highest BCUT2D eigenvalue weighted by Gasteiger charge is 2.30. The molecule has 26 heavy (non-hydrogen) atoms. The van der Waals surface area contributed by atoms with E-state index in [1.54, 1.807) is 13.0 Å². The number of nitrogens with zero attached hydrogens (tertiary/aromatic N) is 1. The van der Waals surface area contributed by atoms with E-state index in [0.717, 1.165) is 25.5 Å². The van der Waals surface area contributed by atoms with Crippen molar-refractivity contribution in [2.75, 3.05) is 6.61 Å². The van der Waals surface area contributed by atoms with E-state index in [4.69, 9.17) is 10.00 Å². The monoisotopic (exact) mass is 375 g/mol. The lowest BCUT2D eigenvalue weighted by Gasteiger charge is -2.33. The van der Waals surface area contributed by atoms with Gasteiger partial charge >= 0.3 is 5.97 Å². The predicted molar refractivity (Wildman–Crippen MR) is 100 cm³/mol. The quantitative estimate of drug-likeness (QED) is 0.357. The zero-order valence-electron chi connectivity index (χ0n) is 15.6. The molecule has 1 aliphatic rings. The van der Waals surface area contributed by atoms with Crippen LogP contribution in [0.1, 0.15) is 54.2 Å². The average molecular weight is 375 g/mol. The molecule has 1 aromatic rings. The number of hydrogen-bond acceptors (Lipinski definition) is 6. The van der Waals surface area contributed by atoms with Crippen LogP contribution in [-0.2, 0) is 22.4 Å². The molecular weight excluding hydrogens is 350 g/mol. The zero-order valence-corrected chi connectivity index (χ0v) is 16.5. The minimum Gasteiger partial charge on any atom is -0.462 e. The number of nitriles is 1. The minimum absolute atomic E-state index is 0.181. The van der Waals surface area contributed by atoms with E-state index in [2.05, 4.69) is 31.6 Å². The molecule has 0 aliphatic heterocycles. The van der Waals surface area contributed by atoms with Gasteiger partial charge in [0.15, 0.2) is 5.57 Å². The van der Waals surface area contributed by atoms with Crippen LogP contribution in [0.4, 0.5) is 0 Å². The van der Waals surface area contributed by atoms with E-state index < -0.39 is 5.97 Å². The molecule has 2 N–H and O–H groups in total. The molecule has 0 saturated carbocycles. The summed E-state index contributed by atoms with van der Waals surface area (Å²) >= 11 is 1.51. The SMILES string of the molecule is CCOC(=O)/C(C#N)=C/NNC(=O)c1cc2c(s1)CC[C@@H](C(C)(C)C)C2. The fourth-order valence-corrected chi connectivity index (χ4v) is 4.06. The van der Waals surface area contributed by atoms with Crippen LogP contribution in [-0.4, -0.2) is 18.5 Å². The van der Waals surface area contributed by atoms with Crippen molar-refractivity contribution < 1.29 is 14.3 Å². The number of ether oxygens (including phenoxy) is 1.